The van der Waals surface area contributed by atoms with Gasteiger partial charge in [-0.25, -0.2) is 0 Å². The molecule has 2 aromatic rings. The molecule has 0 aliphatic rings. The van der Waals surface area contributed by atoms with Crippen molar-refractivity contribution < 1.29 is 21.2 Å². The van der Waals surface area contributed by atoms with Crippen LogP contribution in [0.2, 0.25) is 5.02 Å². The van der Waals surface area contributed by atoms with E-state index in [2.05, 4.69) is 45.0 Å². The Bertz CT molecular complexity index is 523. The second-order valence-corrected chi connectivity index (χ2v) is 7.41. The van der Waals surface area contributed by atoms with Crippen LogP contribution < -0.4 is 21.2 Å². The van der Waals surface area contributed by atoms with Crippen molar-refractivity contribution in [1.29, 1.82) is 0 Å². The summed E-state index contributed by atoms with van der Waals surface area (Å²) in [6.45, 7) is 6.55. The third kappa shape index (κ3) is 3.02. The lowest BCUT2D eigenvalue weighted by atomic mass is 10.1. The van der Waals surface area contributed by atoms with E-state index in [1.54, 1.807) is 0 Å². The Labute approximate surface area is 118 Å². The van der Waals surface area contributed by atoms with Gasteiger partial charge in [-0.3, -0.25) is 0 Å². The zero-order chi connectivity index (χ0) is 12.4. The molecule has 0 saturated heterocycles. The molecule has 0 aromatic heterocycles. The van der Waals surface area contributed by atoms with Crippen molar-refractivity contribution in [3.05, 3.63) is 65.3 Å². The highest BCUT2D eigenvalue weighted by Crippen LogP contribution is 2.09. The van der Waals surface area contributed by atoms with Gasteiger partial charge in [-0.05, 0) is 32.9 Å². The number of hydrogen-bond donors (Lipinski definition) is 0. The number of rotatable bonds is 2. The molecule has 0 N–H and O–H groups in total. The average Bonchev–Trinajstić information content (AvgIpc) is 2.25. The molecule has 0 nitrogen and oxygen atoms in total. The van der Waals surface area contributed by atoms with Gasteiger partial charge in [0.1, 0.15) is 0 Å². The molecule has 0 saturated carbocycles. The van der Waals surface area contributed by atoms with Gasteiger partial charge < -0.3 is 0 Å². The summed E-state index contributed by atoms with van der Waals surface area (Å²) in [7, 11) is 0. The van der Waals surface area contributed by atoms with E-state index in [0.29, 0.717) is 0 Å². The van der Waals surface area contributed by atoms with Gasteiger partial charge in [0, 0.05) is 11.1 Å². The first kappa shape index (κ1) is 12.9. The summed E-state index contributed by atoms with van der Waals surface area (Å²) in [4.78, 5) is 0. The highest BCUT2D eigenvalue weighted by Gasteiger charge is 2.23. The summed E-state index contributed by atoms with van der Waals surface area (Å²) < 4.78 is 2.81. The van der Waals surface area contributed by atoms with Crippen LogP contribution in [0.3, 0.4) is 0 Å². The van der Waals surface area contributed by atoms with E-state index in [4.69, 9.17) is 11.6 Å². The van der Waals surface area contributed by atoms with Gasteiger partial charge in [0.15, 0.2) is 3.57 Å². The van der Waals surface area contributed by atoms with Crippen LogP contribution in [0.25, 0.3) is 0 Å². The minimum Gasteiger partial charge on any atom is -0.0794 e. The van der Waals surface area contributed by atoms with E-state index in [9.17, 15) is 0 Å². The fourth-order valence-corrected chi connectivity index (χ4v) is 4.87. The first-order valence-corrected chi connectivity index (χ1v) is 8.08. The van der Waals surface area contributed by atoms with Crippen molar-refractivity contribution in [3.63, 3.8) is 0 Å². The molecule has 2 aromatic carbocycles. The normalized spacial score (nSPS) is 10.6. The maximum absolute atomic E-state index is 6.24. The molecule has 0 spiro atoms. The Kier molecular flexibility index (Phi) is 4.10. The molecule has 0 unspecified atom stereocenters. The Balaban J connectivity index is 2.40. The molecule has 88 valence electrons. The molecule has 2 heteroatoms. The molecule has 2 rings (SSSR count). The minimum absolute atomic E-state index is 0.181. The van der Waals surface area contributed by atoms with Gasteiger partial charge >= 0.3 is 21.2 Å². The van der Waals surface area contributed by atoms with Crippen LogP contribution in [0.4, 0.5) is 0 Å². The summed E-state index contributed by atoms with van der Waals surface area (Å²) in [5.74, 6) is 0. The van der Waals surface area contributed by atoms with Crippen LogP contribution >= 0.6 is 11.6 Å². The van der Waals surface area contributed by atoms with Gasteiger partial charge in [-0.2, -0.15) is 0 Å². The van der Waals surface area contributed by atoms with Crippen LogP contribution in [-0.4, -0.2) is 0 Å². The van der Waals surface area contributed by atoms with Gasteiger partial charge in [0.2, 0.25) is 3.57 Å². The van der Waals surface area contributed by atoms with Crippen molar-refractivity contribution in [2.24, 2.45) is 0 Å². The van der Waals surface area contributed by atoms with Gasteiger partial charge in [0.25, 0.3) is 0 Å². The Morgan fingerprint density at radius 2 is 1.53 bits per heavy atom. The summed E-state index contributed by atoms with van der Waals surface area (Å²) in [6, 6.07) is 12.7. The lowest BCUT2D eigenvalue weighted by molar-refractivity contribution is -0.598. The van der Waals surface area contributed by atoms with E-state index in [1.165, 1.54) is 23.8 Å². The predicted molar refractivity (Wildman–Crippen MR) is 69.5 cm³/mol. The molecule has 0 heterocycles. The summed E-state index contributed by atoms with van der Waals surface area (Å²) in [5.41, 5.74) is 4.14. The third-order valence-corrected chi connectivity index (χ3v) is 7.01. The van der Waals surface area contributed by atoms with E-state index in [1.807, 2.05) is 12.1 Å². The fraction of sp³-hybridized carbons (Fsp3) is 0.200. The summed E-state index contributed by atoms with van der Waals surface area (Å²) >= 11 is 6.06. The fourth-order valence-electron chi connectivity index (χ4n) is 1.93. The molecule has 17 heavy (non-hydrogen) atoms. The minimum atomic E-state index is -0.181. The molecule has 0 amide bonds. The Hall–Kier alpha value is -0.540. The van der Waals surface area contributed by atoms with Gasteiger partial charge in [-0.15, -0.1) is 0 Å². The first-order chi connectivity index (χ1) is 8.08. The highest BCUT2D eigenvalue weighted by atomic mass is 127. The van der Waals surface area contributed by atoms with Crippen LogP contribution in [0, 0.1) is 27.9 Å². The maximum Gasteiger partial charge on any atom is 0.360 e. The van der Waals surface area contributed by atoms with E-state index in [-0.39, 0.29) is 21.2 Å². The molecular formula is C15H15ClI+. The van der Waals surface area contributed by atoms with Gasteiger partial charge in [-0.1, -0.05) is 41.4 Å². The van der Waals surface area contributed by atoms with Crippen molar-refractivity contribution in [2.75, 3.05) is 0 Å². The van der Waals surface area contributed by atoms with Crippen molar-refractivity contribution in [3.8, 4) is 0 Å². The zero-order valence-corrected chi connectivity index (χ0v) is 13.1. The molecule has 0 aliphatic heterocycles. The zero-order valence-electron chi connectivity index (χ0n) is 10.2. The molecule has 0 aliphatic carbocycles. The predicted octanol–water partition coefficient (Wildman–Crippen LogP) is 1.39. The van der Waals surface area contributed by atoms with E-state index >= 15 is 0 Å². The second kappa shape index (κ2) is 5.40. The number of hydrogen-bond acceptors (Lipinski definition) is 0. The Morgan fingerprint density at radius 3 is 2.12 bits per heavy atom. The smallest absolute Gasteiger partial charge is 0.0794 e. The van der Waals surface area contributed by atoms with Gasteiger partial charge in [0.05, 0.1) is 5.02 Å². The number of halogens is 2. The third-order valence-electron chi connectivity index (χ3n) is 2.60. The highest BCUT2D eigenvalue weighted by molar-refractivity contribution is 6.30. The first-order valence-electron chi connectivity index (χ1n) is 5.55. The largest absolute Gasteiger partial charge is 0.360 e. The van der Waals surface area contributed by atoms with E-state index in [0.717, 1.165) is 5.02 Å². The Morgan fingerprint density at radius 1 is 0.941 bits per heavy atom. The van der Waals surface area contributed by atoms with Crippen LogP contribution in [0.5, 0.6) is 0 Å². The van der Waals surface area contributed by atoms with E-state index < -0.39 is 0 Å². The molecule has 0 fully saturated rings. The summed E-state index contributed by atoms with van der Waals surface area (Å²) in [5, 5.41) is 0.902. The second-order valence-electron chi connectivity index (χ2n) is 4.22. The van der Waals surface area contributed by atoms with Crippen LogP contribution in [0.15, 0.2) is 36.4 Å². The van der Waals surface area contributed by atoms with Crippen molar-refractivity contribution >= 4 is 11.6 Å². The topological polar surface area (TPSA) is 0 Å². The molecule has 0 radical (unpaired) electrons. The lowest BCUT2D eigenvalue weighted by Crippen LogP contribution is -3.62. The van der Waals surface area contributed by atoms with Crippen molar-refractivity contribution in [1.82, 2.24) is 0 Å². The van der Waals surface area contributed by atoms with Crippen LogP contribution in [-0.2, 0) is 0 Å². The maximum atomic E-state index is 6.24. The number of benzene rings is 2. The van der Waals surface area contributed by atoms with Crippen LogP contribution in [0.1, 0.15) is 16.7 Å². The quantitative estimate of drug-likeness (QED) is 0.713. The van der Waals surface area contributed by atoms with Crippen molar-refractivity contribution in [2.45, 2.75) is 20.8 Å². The molecule has 0 bridgehead atoms. The summed E-state index contributed by atoms with van der Waals surface area (Å²) in [6.07, 6.45) is 0. The lowest BCUT2D eigenvalue weighted by Gasteiger charge is -2.01. The molecule has 0 atom stereocenters. The number of aryl methyl sites for hydroxylation is 3. The average molecular weight is 358 g/mol. The molecular weight excluding hydrogens is 343 g/mol. The monoisotopic (exact) mass is 357 g/mol. The SMILES string of the molecule is Cc1cc(C)c([I+]c2ccccc2Cl)c(C)c1. The standard InChI is InChI=1S/C15H15ClI/c1-10-8-11(2)15(12(3)9-10)17-14-7-5-4-6-13(14)16/h4-9H,1-3H3/q+1.